The fraction of sp³-hybridized carbons (Fsp3) is 0.395. The maximum absolute atomic E-state index is 13.8. The first-order valence-corrected chi connectivity index (χ1v) is 23.4. The molecule has 3 aromatic heterocycles. The Balaban J connectivity index is 1.17. The molecule has 0 aliphatic rings. The lowest BCUT2D eigenvalue weighted by Crippen LogP contribution is -2.41. The van der Waals surface area contributed by atoms with Gasteiger partial charge in [0.1, 0.15) is 23.6 Å². The van der Waals surface area contributed by atoms with E-state index in [0.29, 0.717) is 47.5 Å². The van der Waals surface area contributed by atoms with Crippen LogP contribution >= 0.6 is 23.4 Å². The summed E-state index contributed by atoms with van der Waals surface area (Å²) < 4.78 is 29.8. The number of fused-ring (bicyclic) bond motifs is 2. The van der Waals surface area contributed by atoms with E-state index in [0.717, 1.165) is 75.3 Å². The molecule has 3 aromatic carbocycles. The Hall–Kier alpha value is -4.23. The highest BCUT2D eigenvalue weighted by molar-refractivity contribution is 7.98. The molecule has 0 spiro atoms. The molecule has 1 N–H and O–H groups in total. The summed E-state index contributed by atoms with van der Waals surface area (Å²) in [6, 6.07) is 14.1. The maximum Gasteiger partial charge on any atom is 0.354 e. The van der Waals surface area contributed by atoms with Crippen LogP contribution in [0.2, 0.25) is 23.2 Å². The molecule has 0 atom stereocenters. The number of aromatic nitrogens is 5. The van der Waals surface area contributed by atoms with Gasteiger partial charge in [-0.3, -0.25) is 4.68 Å². The molecule has 56 heavy (non-hydrogen) atoms. The monoisotopic (exact) mass is 815 g/mol. The molecule has 0 fully saturated rings. The summed E-state index contributed by atoms with van der Waals surface area (Å²) >= 11 is 8.72. The molecule has 296 valence electrons. The normalized spacial score (nSPS) is 12.2. The van der Waals surface area contributed by atoms with Gasteiger partial charge in [-0.15, -0.1) is 0 Å². The minimum atomic E-state index is -1.93. The van der Waals surface area contributed by atoms with Crippen molar-refractivity contribution in [3.05, 3.63) is 106 Å². The van der Waals surface area contributed by atoms with E-state index in [1.807, 2.05) is 29.9 Å². The van der Waals surface area contributed by atoms with E-state index in [2.05, 4.69) is 54.5 Å². The van der Waals surface area contributed by atoms with Gasteiger partial charge in [0.2, 0.25) is 0 Å². The molecule has 0 saturated heterocycles. The Bertz CT molecular complexity index is 2340. The Kier molecular flexibility index (Phi) is 12.9. The van der Waals surface area contributed by atoms with Gasteiger partial charge in [-0.1, -0.05) is 44.5 Å². The first-order valence-electron chi connectivity index (χ1n) is 19.0. The Morgan fingerprint density at radius 2 is 1.75 bits per heavy atom. The summed E-state index contributed by atoms with van der Waals surface area (Å²) in [6.45, 7) is 12.4. The molecule has 6 rings (SSSR count). The van der Waals surface area contributed by atoms with Gasteiger partial charge in [-0.2, -0.15) is 16.9 Å². The van der Waals surface area contributed by atoms with Gasteiger partial charge in [0, 0.05) is 65.9 Å². The molecule has 0 aliphatic carbocycles. The van der Waals surface area contributed by atoms with Crippen molar-refractivity contribution in [1.82, 2.24) is 24.3 Å². The summed E-state index contributed by atoms with van der Waals surface area (Å²) in [5.74, 6) is 1.01. The summed E-state index contributed by atoms with van der Waals surface area (Å²) in [6.07, 6.45) is 8.60. The van der Waals surface area contributed by atoms with Gasteiger partial charge in [0.15, 0.2) is 8.32 Å². The van der Waals surface area contributed by atoms with Gasteiger partial charge in [-0.25, -0.2) is 19.2 Å². The largest absolute Gasteiger partial charge is 0.507 e. The van der Waals surface area contributed by atoms with Gasteiger partial charge < -0.3 is 18.8 Å². The Morgan fingerprint density at radius 3 is 2.48 bits per heavy atom. The van der Waals surface area contributed by atoms with E-state index in [-0.39, 0.29) is 22.6 Å². The predicted octanol–water partition coefficient (Wildman–Crippen LogP) is 10.3. The van der Waals surface area contributed by atoms with Crippen molar-refractivity contribution in [2.45, 2.75) is 83.3 Å². The highest BCUT2D eigenvalue weighted by Gasteiger charge is 2.37. The zero-order valence-electron chi connectivity index (χ0n) is 33.3. The lowest BCUT2D eigenvalue weighted by atomic mass is 10.0. The highest BCUT2D eigenvalue weighted by Crippen LogP contribution is 2.41. The zero-order valence-corrected chi connectivity index (χ0v) is 35.9. The number of methoxy groups -OCH3 is 1. The highest BCUT2D eigenvalue weighted by atomic mass is 35.5. The lowest BCUT2D eigenvalue weighted by Gasteiger charge is -2.36. The third-order valence-electron chi connectivity index (χ3n) is 10.9. The number of phenols is 1. The van der Waals surface area contributed by atoms with Crippen LogP contribution in [0.3, 0.4) is 0 Å². The summed E-state index contributed by atoms with van der Waals surface area (Å²) in [4.78, 5) is 22.2. The second-order valence-corrected chi connectivity index (χ2v) is 22.1. The summed E-state index contributed by atoms with van der Waals surface area (Å²) in [5.41, 5.74) is 6.91. The van der Waals surface area contributed by atoms with Crippen LogP contribution in [0, 0.1) is 5.82 Å². The molecule has 0 amide bonds. The number of benzene rings is 3. The number of nitrogens with zero attached hydrogens (tertiary/aromatic N) is 5. The van der Waals surface area contributed by atoms with Crippen molar-refractivity contribution < 1.29 is 23.5 Å². The number of aromatic hydroxyl groups is 1. The van der Waals surface area contributed by atoms with E-state index in [1.165, 1.54) is 25.6 Å². The van der Waals surface area contributed by atoms with Gasteiger partial charge in [0.05, 0.1) is 23.3 Å². The standard InChI is InChI=1S/C43H51ClFN5O4SSi/c1-43(2,3)56(6,7)54-18-8-10-35-36-15-16-37(44)39(30-24-46-27-47-25-30)40(36)50(41(35)42(52)53-5)17-9-19-55-26-32-23-33(49(4)48-32)13-11-28-20-29-22-31(45)12-14-34(29)38(51)21-28/h12,14-16,20-25,27,51H,8-11,13,17-19,26H2,1-7H3. The van der Waals surface area contributed by atoms with E-state index < -0.39 is 8.32 Å². The van der Waals surface area contributed by atoms with Crippen LogP contribution in [0.25, 0.3) is 32.8 Å². The average Bonchev–Trinajstić information content (AvgIpc) is 3.67. The van der Waals surface area contributed by atoms with Crippen molar-refractivity contribution in [2.24, 2.45) is 7.05 Å². The van der Waals surface area contributed by atoms with E-state index in [4.69, 9.17) is 25.9 Å². The molecule has 0 bridgehead atoms. The quantitative estimate of drug-likeness (QED) is 0.0585. The van der Waals surface area contributed by atoms with Crippen molar-refractivity contribution in [3.63, 3.8) is 0 Å². The molecule has 0 aliphatic heterocycles. The number of rotatable bonds is 16. The van der Waals surface area contributed by atoms with Crippen LogP contribution in [-0.4, -0.2) is 63.2 Å². The minimum absolute atomic E-state index is 0.105. The van der Waals surface area contributed by atoms with E-state index >= 15 is 0 Å². The average molecular weight is 817 g/mol. The fourth-order valence-electron chi connectivity index (χ4n) is 6.97. The van der Waals surface area contributed by atoms with Crippen LogP contribution in [0.4, 0.5) is 4.39 Å². The lowest BCUT2D eigenvalue weighted by molar-refractivity contribution is 0.0587. The molecule has 0 unspecified atom stereocenters. The van der Waals surface area contributed by atoms with Crippen LogP contribution in [0.5, 0.6) is 5.75 Å². The number of carbonyl (C=O) groups is 1. The van der Waals surface area contributed by atoms with Gasteiger partial charge >= 0.3 is 5.97 Å². The van der Waals surface area contributed by atoms with Gasteiger partial charge in [0.25, 0.3) is 0 Å². The smallest absolute Gasteiger partial charge is 0.354 e. The molecule has 0 saturated carbocycles. The number of halogens is 2. The van der Waals surface area contributed by atoms with Crippen LogP contribution < -0.4 is 0 Å². The molecular weight excluding hydrogens is 765 g/mol. The predicted molar refractivity (Wildman–Crippen MR) is 228 cm³/mol. The first kappa shape index (κ1) is 41.4. The van der Waals surface area contributed by atoms with Crippen molar-refractivity contribution in [2.75, 3.05) is 19.5 Å². The molecule has 3 heterocycles. The van der Waals surface area contributed by atoms with Crippen LogP contribution in [0.1, 0.15) is 66.6 Å². The number of phenolic OH excluding ortho intramolecular Hbond substituents is 1. The number of ether oxygens (including phenoxy) is 1. The number of esters is 1. The number of hydrogen-bond acceptors (Lipinski definition) is 8. The SMILES string of the molecule is COC(=O)c1c(CCCO[Si](C)(C)C(C)(C)C)c2ccc(Cl)c(-c3cncnc3)c2n1CCCSCc1cc(CCc2cc(O)c3ccc(F)cc3c2)n(C)n1. The van der Waals surface area contributed by atoms with Crippen LogP contribution in [-0.2, 0) is 47.8 Å². The summed E-state index contributed by atoms with van der Waals surface area (Å²) in [7, 11) is 1.44. The van der Waals surface area contributed by atoms with Gasteiger partial charge in [-0.05, 0) is 109 Å². The van der Waals surface area contributed by atoms with Crippen molar-refractivity contribution in [3.8, 4) is 16.9 Å². The third kappa shape index (κ3) is 9.14. The number of carbonyl (C=O) groups excluding carboxylic acids is 1. The topological polar surface area (TPSA) is 104 Å². The van der Waals surface area contributed by atoms with Crippen LogP contribution in [0.15, 0.2) is 67.3 Å². The van der Waals surface area contributed by atoms with E-state index in [1.54, 1.807) is 36.3 Å². The molecule has 0 radical (unpaired) electrons. The third-order valence-corrected chi connectivity index (χ3v) is 16.8. The number of hydrogen-bond donors (Lipinski definition) is 1. The second-order valence-electron chi connectivity index (χ2n) is 15.8. The molecule has 6 aromatic rings. The van der Waals surface area contributed by atoms with Crippen molar-refractivity contribution in [1.29, 1.82) is 0 Å². The Labute approximate surface area is 338 Å². The zero-order chi connectivity index (χ0) is 40.2. The number of thioether (sulfide) groups is 1. The maximum atomic E-state index is 13.8. The first-order chi connectivity index (χ1) is 26.7. The molecule has 13 heteroatoms. The van der Waals surface area contributed by atoms with Crippen molar-refractivity contribution >= 4 is 59.3 Å². The molecule has 9 nitrogen and oxygen atoms in total. The number of aryl methyl sites for hydroxylation is 5. The second kappa shape index (κ2) is 17.5. The summed E-state index contributed by atoms with van der Waals surface area (Å²) in [5, 5.41) is 18.2. The minimum Gasteiger partial charge on any atom is -0.507 e. The molecular formula is C43H51ClFN5O4SSi. The Morgan fingerprint density at radius 1 is 1.00 bits per heavy atom. The van der Waals surface area contributed by atoms with E-state index in [9.17, 15) is 14.3 Å². The fourth-order valence-corrected chi connectivity index (χ4v) is 9.15.